The molecule has 0 spiro atoms. The largest absolute Gasteiger partial charge is 0.507 e. The molecule has 1 aliphatic heterocycles. The fourth-order valence-corrected chi connectivity index (χ4v) is 4.13. The average Bonchev–Trinajstić information content (AvgIpc) is 3.11. The molecule has 0 saturated heterocycles. The van der Waals surface area contributed by atoms with Gasteiger partial charge in [0.15, 0.2) is 0 Å². The number of ether oxygens (including phenoxy) is 3. The van der Waals surface area contributed by atoms with Crippen LogP contribution in [0.3, 0.4) is 0 Å². The molecule has 0 radical (unpaired) electrons. The van der Waals surface area contributed by atoms with Gasteiger partial charge in [-0.05, 0) is 57.9 Å². The van der Waals surface area contributed by atoms with Crippen LogP contribution in [0.15, 0.2) is 11.6 Å². The van der Waals surface area contributed by atoms with Gasteiger partial charge in [-0.3, -0.25) is 4.79 Å². The van der Waals surface area contributed by atoms with Crippen molar-refractivity contribution in [3.8, 4) is 11.5 Å². The first kappa shape index (κ1) is 21.2. The van der Waals surface area contributed by atoms with E-state index in [9.17, 15) is 14.7 Å². The van der Waals surface area contributed by atoms with Gasteiger partial charge in [0.05, 0.1) is 7.11 Å². The minimum Gasteiger partial charge on any atom is -0.507 e. The zero-order chi connectivity index (χ0) is 21.0. The van der Waals surface area contributed by atoms with Gasteiger partial charge >= 0.3 is 11.9 Å². The molecule has 1 fully saturated rings. The number of hydrogen-bond donors (Lipinski definition) is 1. The maximum Gasteiger partial charge on any atom is 0.342 e. The van der Waals surface area contributed by atoms with Gasteiger partial charge in [0.2, 0.25) is 0 Å². The Balaban J connectivity index is 1.64. The fraction of sp³-hybridized carbons (Fsp3) is 0.565. The molecule has 2 aliphatic rings. The monoisotopic (exact) mass is 402 g/mol. The molecule has 0 amide bonds. The van der Waals surface area contributed by atoms with Crippen LogP contribution < -0.4 is 4.74 Å². The van der Waals surface area contributed by atoms with Crippen molar-refractivity contribution in [3.05, 3.63) is 33.9 Å². The number of phenols is 1. The van der Waals surface area contributed by atoms with E-state index in [1.165, 1.54) is 6.42 Å². The number of carbonyl (C=O) groups excluding carboxylic acids is 2. The van der Waals surface area contributed by atoms with Crippen molar-refractivity contribution >= 4 is 11.9 Å². The highest BCUT2D eigenvalue weighted by molar-refractivity contribution is 5.98. The number of aromatic hydroxyl groups is 1. The van der Waals surface area contributed by atoms with Gasteiger partial charge < -0.3 is 19.3 Å². The van der Waals surface area contributed by atoms with E-state index in [-0.39, 0.29) is 30.0 Å². The fourth-order valence-electron chi connectivity index (χ4n) is 4.13. The Morgan fingerprint density at radius 3 is 2.66 bits per heavy atom. The van der Waals surface area contributed by atoms with Gasteiger partial charge in [-0.25, -0.2) is 4.79 Å². The number of cyclic esters (lactones) is 1. The summed E-state index contributed by atoms with van der Waals surface area (Å²) in [5.74, 6) is -0.164. The molecule has 1 aliphatic carbocycles. The normalized spacial score (nSPS) is 17.1. The lowest BCUT2D eigenvalue weighted by molar-refractivity contribution is -0.150. The second-order valence-electron chi connectivity index (χ2n) is 7.92. The first-order valence-electron chi connectivity index (χ1n) is 10.4. The van der Waals surface area contributed by atoms with Crippen molar-refractivity contribution in [2.75, 3.05) is 7.11 Å². The molecule has 0 aromatic heterocycles. The summed E-state index contributed by atoms with van der Waals surface area (Å²) in [7, 11) is 1.55. The van der Waals surface area contributed by atoms with E-state index in [0.29, 0.717) is 36.1 Å². The Morgan fingerprint density at radius 2 is 1.97 bits per heavy atom. The Hall–Kier alpha value is -2.50. The highest BCUT2D eigenvalue weighted by atomic mass is 16.5. The minimum absolute atomic E-state index is 0.0780. The molecule has 0 unspecified atom stereocenters. The summed E-state index contributed by atoms with van der Waals surface area (Å²) in [4.78, 5) is 24.1. The van der Waals surface area contributed by atoms with Crippen LogP contribution >= 0.6 is 0 Å². The molecule has 29 heavy (non-hydrogen) atoms. The number of hydrogen-bond acceptors (Lipinski definition) is 6. The number of phenolic OH excluding ortho intramolecular Hbond substituents is 1. The molecule has 1 N–H and O–H groups in total. The second-order valence-corrected chi connectivity index (χ2v) is 7.92. The smallest absolute Gasteiger partial charge is 0.342 e. The number of rotatable bonds is 7. The average molecular weight is 402 g/mol. The molecule has 1 aromatic carbocycles. The zero-order valence-electron chi connectivity index (χ0n) is 17.5. The highest BCUT2D eigenvalue weighted by Crippen LogP contribution is 2.42. The predicted molar refractivity (Wildman–Crippen MR) is 108 cm³/mol. The zero-order valence-corrected chi connectivity index (χ0v) is 17.5. The van der Waals surface area contributed by atoms with Crippen molar-refractivity contribution in [2.24, 2.45) is 0 Å². The van der Waals surface area contributed by atoms with E-state index in [2.05, 4.69) is 0 Å². The summed E-state index contributed by atoms with van der Waals surface area (Å²) in [6.45, 7) is 3.97. The molecule has 6 nitrogen and oxygen atoms in total. The second kappa shape index (κ2) is 9.33. The summed E-state index contributed by atoms with van der Waals surface area (Å²) in [6, 6.07) is 0. The maximum atomic E-state index is 12.1. The van der Waals surface area contributed by atoms with Crippen LogP contribution in [0.4, 0.5) is 0 Å². The van der Waals surface area contributed by atoms with Gasteiger partial charge in [-0.15, -0.1) is 0 Å². The third-order valence-corrected chi connectivity index (χ3v) is 5.88. The van der Waals surface area contributed by atoms with Crippen LogP contribution in [-0.2, 0) is 27.3 Å². The van der Waals surface area contributed by atoms with Gasteiger partial charge in [0.1, 0.15) is 29.8 Å². The number of benzene rings is 1. The maximum absolute atomic E-state index is 12.1. The van der Waals surface area contributed by atoms with Crippen molar-refractivity contribution in [1.29, 1.82) is 0 Å². The van der Waals surface area contributed by atoms with Crippen LogP contribution in [-0.4, -0.2) is 30.3 Å². The Morgan fingerprint density at radius 1 is 1.24 bits per heavy atom. The summed E-state index contributed by atoms with van der Waals surface area (Å²) in [5.41, 5.74) is 3.31. The molecule has 0 bridgehead atoms. The first-order chi connectivity index (χ1) is 13.9. The molecule has 3 rings (SSSR count). The first-order valence-corrected chi connectivity index (χ1v) is 10.4. The quantitative estimate of drug-likeness (QED) is 0.533. The molecule has 158 valence electrons. The molecular weight excluding hydrogens is 372 g/mol. The highest BCUT2D eigenvalue weighted by Gasteiger charge is 2.31. The standard InChI is InChI=1S/C23H30O6/c1-14(10-12-19(24)29-16-7-5-4-6-8-16)9-11-17-21(25)20-18(13-28-23(20)26)15(2)22(17)27-3/h9,16,25H,4-8,10-13H2,1-3H3. The Bertz CT molecular complexity index is 817. The lowest BCUT2D eigenvalue weighted by atomic mass is 9.94. The molecule has 1 saturated carbocycles. The van der Waals surface area contributed by atoms with Crippen LogP contribution in [0.2, 0.25) is 0 Å². The van der Waals surface area contributed by atoms with E-state index < -0.39 is 5.97 Å². The number of carbonyl (C=O) groups is 2. The lowest BCUT2D eigenvalue weighted by Gasteiger charge is -2.21. The Labute approximate surface area is 171 Å². The van der Waals surface area contributed by atoms with Crippen LogP contribution in [0, 0.1) is 6.92 Å². The van der Waals surface area contributed by atoms with Crippen molar-refractivity contribution < 1.29 is 28.9 Å². The molecule has 1 heterocycles. The van der Waals surface area contributed by atoms with Gasteiger partial charge in [0, 0.05) is 17.5 Å². The van der Waals surface area contributed by atoms with E-state index in [4.69, 9.17) is 14.2 Å². The van der Waals surface area contributed by atoms with E-state index in [0.717, 1.165) is 36.8 Å². The van der Waals surface area contributed by atoms with Crippen molar-refractivity contribution in [2.45, 2.75) is 77.9 Å². The summed E-state index contributed by atoms with van der Waals surface area (Å²) in [6.07, 6.45) is 8.82. The third-order valence-electron chi connectivity index (χ3n) is 5.88. The van der Waals surface area contributed by atoms with E-state index in [1.54, 1.807) is 7.11 Å². The van der Waals surface area contributed by atoms with Gasteiger partial charge in [-0.1, -0.05) is 18.1 Å². The molecule has 0 atom stereocenters. The van der Waals surface area contributed by atoms with E-state index >= 15 is 0 Å². The van der Waals surface area contributed by atoms with Crippen LogP contribution in [0.1, 0.15) is 78.9 Å². The molecular formula is C23H30O6. The number of methoxy groups -OCH3 is 1. The summed E-state index contributed by atoms with van der Waals surface area (Å²) >= 11 is 0. The van der Waals surface area contributed by atoms with Crippen molar-refractivity contribution in [3.63, 3.8) is 0 Å². The molecule has 1 aromatic rings. The van der Waals surface area contributed by atoms with Crippen molar-refractivity contribution in [1.82, 2.24) is 0 Å². The molecule has 6 heteroatoms. The third kappa shape index (κ3) is 4.74. The van der Waals surface area contributed by atoms with Crippen LogP contribution in [0.5, 0.6) is 11.5 Å². The van der Waals surface area contributed by atoms with Gasteiger partial charge in [0.25, 0.3) is 0 Å². The topological polar surface area (TPSA) is 82.1 Å². The van der Waals surface area contributed by atoms with E-state index in [1.807, 2.05) is 19.9 Å². The number of allylic oxidation sites excluding steroid dienone is 2. The minimum atomic E-state index is -0.504. The van der Waals surface area contributed by atoms with Gasteiger partial charge in [-0.2, -0.15) is 0 Å². The summed E-state index contributed by atoms with van der Waals surface area (Å²) < 4.78 is 16.1. The SMILES string of the molecule is COc1c(C)c2c(c(O)c1CC=C(C)CCC(=O)OC1CCCCC1)C(=O)OC2. The number of fused-ring (bicyclic) bond motifs is 1. The lowest BCUT2D eigenvalue weighted by Crippen LogP contribution is -2.20. The number of esters is 2. The van der Waals surface area contributed by atoms with Crippen LogP contribution in [0.25, 0.3) is 0 Å². The predicted octanol–water partition coefficient (Wildman–Crippen LogP) is 4.52. The summed E-state index contributed by atoms with van der Waals surface area (Å²) in [5, 5.41) is 10.6. The Kier molecular flexibility index (Phi) is 6.83.